The maximum absolute atomic E-state index is 12.3. The zero-order chi connectivity index (χ0) is 15.2. The Morgan fingerprint density at radius 2 is 1.95 bits per heavy atom. The molecule has 0 aromatic carbocycles. The molecule has 116 valence electrons. The second-order valence-corrected chi connectivity index (χ2v) is 6.55. The van der Waals surface area contributed by atoms with E-state index in [1.807, 2.05) is 6.92 Å². The van der Waals surface area contributed by atoms with Gasteiger partial charge in [-0.25, -0.2) is 4.98 Å². The standard InChI is InChI=1S/C16H22Cl2N2O/c1-11(19-13-6-4-2-3-5-7-13)14(21)10-12-8-9-15(17)20-16(12)18/h8-9,11,13,19H,2-7,10H2,1H3/t11-/m1/s1. The quantitative estimate of drug-likeness (QED) is 0.650. The molecule has 1 N–H and O–H groups in total. The first-order valence-corrected chi connectivity index (χ1v) is 8.41. The highest BCUT2D eigenvalue weighted by atomic mass is 35.5. The van der Waals surface area contributed by atoms with Crippen LogP contribution in [0.2, 0.25) is 10.3 Å². The van der Waals surface area contributed by atoms with Crippen LogP contribution in [0.15, 0.2) is 12.1 Å². The minimum Gasteiger partial charge on any atom is -0.305 e. The van der Waals surface area contributed by atoms with E-state index >= 15 is 0 Å². The Morgan fingerprint density at radius 1 is 1.29 bits per heavy atom. The van der Waals surface area contributed by atoms with Crippen LogP contribution >= 0.6 is 23.2 Å². The molecule has 0 aliphatic heterocycles. The van der Waals surface area contributed by atoms with Crippen LogP contribution in [-0.4, -0.2) is 22.9 Å². The summed E-state index contributed by atoms with van der Waals surface area (Å²) in [5.41, 5.74) is 0.737. The Kier molecular flexibility index (Phi) is 6.46. The molecule has 1 atom stereocenters. The lowest BCUT2D eigenvalue weighted by molar-refractivity contribution is -0.120. The van der Waals surface area contributed by atoms with Crippen molar-refractivity contribution >= 4 is 29.0 Å². The molecular formula is C16H22Cl2N2O. The van der Waals surface area contributed by atoms with Gasteiger partial charge in [0.15, 0.2) is 5.78 Å². The zero-order valence-corrected chi connectivity index (χ0v) is 13.9. The molecule has 1 saturated carbocycles. The van der Waals surface area contributed by atoms with Gasteiger partial charge in [0.2, 0.25) is 0 Å². The molecule has 0 radical (unpaired) electrons. The normalized spacial score (nSPS) is 18.2. The smallest absolute Gasteiger partial charge is 0.153 e. The van der Waals surface area contributed by atoms with Crippen molar-refractivity contribution < 1.29 is 4.79 Å². The molecular weight excluding hydrogens is 307 g/mol. The van der Waals surface area contributed by atoms with E-state index in [1.54, 1.807) is 12.1 Å². The van der Waals surface area contributed by atoms with Crippen molar-refractivity contribution in [3.05, 3.63) is 28.0 Å². The maximum atomic E-state index is 12.3. The highest BCUT2D eigenvalue weighted by molar-refractivity contribution is 6.33. The summed E-state index contributed by atoms with van der Waals surface area (Å²) in [6.45, 7) is 1.93. The Bertz CT molecular complexity index is 485. The highest BCUT2D eigenvalue weighted by Crippen LogP contribution is 2.19. The van der Waals surface area contributed by atoms with E-state index in [4.69, 9.17) is 23.2 Å². The van der Waals surface area contributed by atoms with Crippen LogP contribution in [0.5, 0.6) is 0 Å². The lowest BCUT2D eigenvalue weighted by Gasteiger charge is -2.21. The van der Waals surface area contributed by atoms with E-state index in [-0.39, 0.29) is 11.8 Å². The zero-order valence-electron chi connectivity index (χ0n) is 12.4. The molecule has 1 aromatic rings. The Morgan fingerprint density at radius 3 is 2.57 bits per heavy atom. The van der Waals surface area contributed by atoms with E-state index in [1.165, 1.54) is 38.5 Å². The Labute approximate surface area is 136 Å². The van der Waals surface area contributed by atoms with Gasteiger partial charge in [-0.2, -0.15) is 0 Å². The summed E-state index contributed by atoms with van der Waals surface area (Å²) in [7, 11) is 0. The van der Waals surface area contributed by atoms with Crippen LogP contribution in [0.25, 0.3) is 0 Å². The first kappa shape index (κ1) is 16.7. The first-order valence-electron chi connectivity index (χ1n) is 7.66. The SMILES string of the molecule is C[C@@H](NC1CCCCCC1)C(=O)Cc1ccc(Cl)nc1Cl. The van der Waals surface area contributed by atoms with E-state index < -0.39 is 0 Å². The third-order valence-electron chi connectivity index (χ3n) is 4.08. The first-order chi connectivity index (χ1) is 10.1. The van der Waals surface area contributed by atoms with Gasteiger partial charge in [-0.3, -0.25) is 4.79 Å². The molecule has 0 bridgehead atoms. The third kappa shape index (κ3) is 5.24. The number of rotatable bonds is 5. The second kappa shape index (κ2) is 8.11. The van der Waals surface area contributed by atoms with Gasteiger partial charge in [0.05, 0.1) is 6.04 Å². The van der Waals surface area contributed by atoms with Gasteiger partial charge in [-0.05, 0) is 31.4 Å². The molecule has 0 saturated heterocycles. The fourth-order valence-electron chi connectivity index (χ4n) is 2.81. The monoisotopic (exact) mass is 328 g/mol. The minimum atomic E-state index is -0.153. The molecule has 1 aromatic heterocycles. The molecule has 0 unspecified atom stereocenters. The largest absolute Gasteiger partial charge is 0.305 e. The van der Waals surface area contributed by atoms with Crippen molar-refractivity contribution in [1.29, 1.82) is 0 Å². The van der Waals surface area contributed by atoms with Crippen LogP contribution in [0.4, 0.5) is 0 Å². The molecule has 3 nitrogen and oxygen atoms in total. The average Bonchev–Trinajstić information content (AvgIpc) is 2.70. The average molecular weight is 329 g/mol. The second-order valence-electron chi connectivity index (χ2n) is 5.80. The van der Waals surface area contributed by atoms with Crippen LogP contribution < -0.4 is 5.32 Å². The van der Waals surface area contributed by atoms with Crippen LogP contribution in [0.1, 0.15) is 51.0 Å². The fourth-order valence-corrected chi connectivity index (χ4v) is 3.22. The summed E-state index contributed by atoms with van der Waals surface area (Å²) in [6, 6.07) is 3.75. The fraction of sp³-hybridized carbons (Fsp3) is 0.625. The Hall–Kier alpha value is -0.640. The van der Waals surface area contributed by atoms with E-state index in [0.717, 1.165) is 5.56 Å². The lowest BCUT2D eigenvalue weighted by Crippen LogP contribution is -2.41. The molecule has 2 rings (SSSR count). The minimum absolute atomic E-state index is 0.144. The van der Waals surface area contributed by atoms with Crippen molar-refractivity contribution in [1.82, 2.24) is 10.3 Å². The predicted molar refractivity (Wildman–Crippen MR) is 87.1 cm³/mol. The van der Waals surface area contributed by atoms with Gasteiger partial charge >= 0.3 is 0 Å². The predicted octanol–water partition coefficient (Wildman–Crippen LogP) is 4.20. The number of nitrogens with one attached hydrogen (secondary N) is 1. The molecule has 0 amide bonds. The molecule has 21 heavy (non-hydrogen) atoms. The lowest BCUT2D eigenvalue weighted by atomic mass is 10.0. The topological polar surface area (TPSA) is 42.0 Å². The molecule has 1 aliphatic rings. The van der Waals surface area contributed by atoms with E-state index in [2.05, 4.69) is 10.3 Å². The van der Waals surface area contributed by atoms with Gasteiger partial charge in [-0.1, -0.05) is 55.0 Å². The molecule has 1 heterocycles. The van der Waals surface area contributed by atoms with Gasteiger partial charge in [0.1, 0.15) is 10.3 Å². The number of Topliss-reactive ketones (excluding diaryl/α,β-unsaturated/α-hetero) is 1. The van der Waals surface area contributed by atoms with E-state index in [9.17, 15) is 4.79 Å². The van der Waals surface area contributed by atoms with Crippen LogP contribution in [-0.2, 0) is 11.2 Å². The molecule has 5 heteroatoms. The van der Waals surface area contributed by atoms with Gasteiger partial charge < -0.3 is 5.32 Å². The molecule has 0 spiro atoms. The number of hydrogen-bond acceptors (Lipinski definition) is 3. The van der Waals surface area contributed by atoms with Crippen molar-refractivity contribution in [3.63, 3.8) is 0 Å². The number of carbonyl (C=O) groups is 1. The van der Waals surface area contributed by atoms with Crippen molar-refractivity contribution in [2.45, 2.75) is 64.0 Å². The summed E-state index contributed by atoms with van der Waals surface area (Å²) in [5.74, 6) is 0.144. The summed E-state index contributed by atoms with van der Waals surface area (Å²) in [6.07, 6.45) is 7.77. The number of carbonyl (C=O) groups excluding carboxylic acids is 1. The number of halogens is 2. The number of nitrogens with zero attached hydrogens (tertiary/aromatic N) is 1. The summed E-state index contributed by atoms with van der Waals surface area (Å²) in [4.78, 5) is 16.3. The maximum Gasteiger partial charge on any atom is 0.153 e. The van der Waals surface area contributed by atoms with Gasteiger partial charge in [-0.15, -0.1) is 0 Å². The van der Waals surface area contributed by atoms with Gasteiger partial charge in [0.25, 0.3) is 0 Å². The summed E-state index contributed by atoms with van der Waals surface area (Å²) in [5, 5.41) is 4.14. The van der Waals surface area contributed by atoms with Crippen LogP contribution in [0, 0.1) is 0 Å². The number of hydrogen-bond donors (Lipinski definition) is 1. The summed E-state index contributed by atoms with van der Waals surface area (Å²) < 4.78 is 0. The third-order valence-corrected chi connectivity index (χ3v) is 4.62. The number of pyridine rings is 1. The molecule has 1 aliphatic carbocycles. The van der Waals surface area contributed by atoms with Crippen molar-refractivity contribution in [3.8, 4) is 0 Å². The van der Waals surface area contributed by atoms with Crippen LogP contribution in [0.3, 0.4) is 0 Å². The Balaban J connectivity index is 1.89. The van der Waals surface area contributed by atoms with Gasteiger partial charge in [0, 0.05) is 12.5 Å². The van der Waals surface area contributed by atoms with Crippen molar-refractivity contribution in [2.24, 2.45) is 0 Å². The van der Waals surface area contributed by atoms with Crippen molar-refractivity contribution in [2.75, 3.05) is 0 Å². The highest BCUT2D eigenvalue weighted by Gasteiger charge is 2.20. The summed E-state index contributed by atoms with van der Waals surface area (Å²) >= 11 is 11.8. The molecule has 1 fully saturated rings. The van der Waals surface area contributed by atoms with E-state index in [0.29, 0.717) is 22.8 Å². The number of ketones is 1. The number of aromatic nitrogens is 1.